The highest BCUT2D eigenvalue weighted by Gasteiger charge is 2.17. The maximum Gasteiger partial charge on any atom is 0.310 e. The monoisotopic (exact) mass is 535 g/mol. The highest BCUT2D eigenvalue weighted by atomic mass is 16.4. The van der Waals surface area contributed by atoms with Crippen LogP contribution in [-0.2, 0) is 9.59 Å². The van der Waals surface area contributed by atoms with E-state index in [1.165, 1.54) is 135 Å². The summed E-state index contributed by atoms with van der Waals surface area (Å²) in [6.45, 7) is 5.18. The van der Waals surface area contributed by atoms with E-state index in [2.05, 4.69) is 19.2 Å². The largest absolute Gasteiger partial charge is 0.481 e. The molecule has 2 N–H and O–H groups in total. The molecule has 1 atom stereocenters. The van der Waals surface area contributed by atoms with Crippen LogP contribution in [0.2, 0.25) is 0 Å². The van der Waals surface area contributed by atoms with Crippen LogP contribution in [0.3, 0.4) is 0 Å². The average molecular weight is 536 g/mol. The Bertz CT molecular complexity index is 546. The van der Waals surface area contributed by atoms with E-state index in [-0.39, 0.29) is 12.3 Å². The maximum atomic E-state index is 12.2. The topological polar surface area (TPSA) is 66.4 Å². The Morgan fingerprint density at radius 3 is 1.34 bits per heavy atom. The second-order valence-electron chi connectivity index (χ2n) is 11.5. The van der Waals surface area contributed by atoms with Crippen LogP contribution in [0.1, 0.15) is 181 Å². The van der Waals surface area contributed by atoms with Crippen molar-refractivity contribution in [3.8, 4) is 0 Å². The first-order chi connectivity index (χ1) is 18.6. The number of carbonyl (C=O) groups is 2. The molecule has 0 heterocycles. The molecule has 1 amide bonds. The van der Waals surface area contributed by atoms with E-state index in [4.69, 9.17) is 0 Å². The van der Waals surface area contributed by atoms with E-state index < -0.39 is 11.9 Å². The second kappa shape index (κ2) is 30.2. The maximum absolute atomic E-state index is 12.2. The number of aliphatic carboxylic acids is 1. The smallest absolute Gasteiger partial charge is 0.310 e. The number of carbonyl (C=O) groups excluding carboxylic acids is 1. The molecule has 0 aliphatic heterocycles. The number of carboxylic acids is 1. The third-order valence-corrected chi connectivity index (χ3v) is 7.67. The minimum Gasteiger partial charge on any atom is -0.481 e. The first-order valence-electron chi connectivity index (χ1n) is 16.8. The van der Waals surface area contributed by atoms with Gasteiger partial charge in [0.15, 0.2) is 0 Å². The fraction of sp³-hybridized carbons (Fsp3) is 0.882. The molecule has 0 saturated carbocycles. The number of unbranched alkanes of at least 4 members (excludes halogenated alkanes) is 23. The number of amides is 1. The van der Waals surface area contributed by atoms with Crippen molar-refractivity contribution in [2.24, 2.45) is 5.92 Å². The molecule has 224 valence electrons. The average Bonchev–Trinajstić information content (AvgIpc) is 2.90. The van der Waals surface area contributed by atoms with Crippen LogP contribution < -0.4 is 5.32 Å². The fourth-order valence-electron chi connectivity index (χ4n) is 5.07. The van der Waals surface area contributed by atoms with Crippen LogP contribution in [-0.4, -0.2) is 23.5 Å². The summed E-state index contributed by atoms with van der Waals surface area (Å²) in [7, 11) is 0. The van der Waals surface area contributed by atoms with Crippen LogP contribution in [0.5, 0.6) is 0 Å². The summed E-state index contributed by atoms with van der Waals surface area (Å²) < 4.78 is 0. The SMILES string of the molecule is CCCCCCCCCCCC/C=C/C(CC(=O)NCCCCCCCCCCCCCCCC)C(=O)O. The Labute approximate surface area is 237 Å². The Balaban J connectivity index is 3.61. The van der Waals surface area contributed by atoms with Crippen molar-refractivity contribution in [3.05, 3.63) is 12.2 Å². The van der Waals surface area contributed by atoms with Gasteiger partial charge in [0.2, 0.25) is 5.91 Å². The van der Waals surface area contributed by atoms with E-state index in [1.54, 1.807) is 6.08 Å². The molecule has 1 unspecified atom stereocenters. The van der Waals surface area contributed by atoms with Gasteiger partial charge in [-0.25, -0.2) is 0 Å². The fourth-order valence-corrected chi connectivity index (χ4v) is 5.07. The number of carboxylic acid groups (broad SMARTS) is 1. The number of hydrogen-bond acceptors (Lipinski definition) is 2. The number of nitrogens with one attached hydrogen (secondary N) is 1. The van der Waals surface area contributed by atoms with Crippen molar-refractivity contribution >= 4 is 11.9 Å². The van der Waals surface area contributed by atoms with Crippen LogP contribution in [0.4, 0.5) is 0 Å². The Kier molecular flexibility index (Phi) is 29.2. The summed E-state index contributed by atoms with van der Waals surface area (Å²) in [4.78, 5) is 23.8. The third kappa shape index (κ3) is 27.7. The van der Waals surface area contributed by atoms with Crippen LogP contribution in [0.25, 0.3) is 0 Å². The predicted octanol–water partition coefficient (Wildman–Crippen LogP) is 10.5. The molecular formula is C34H65NO3. The molecule has 0 radical (unpaired) electrons. The zero-order valence-electron chi connectivity index (χ0n) is 25.6. The number of allylic oxidation sites excluding steroid dienone is 1. The van der Waals surface area contributed by atoms with Crippen molar-refractivity contribution < 1.29 is 14.7 Å². The van der Waals surface area contributed by atoms with Gasteiger partial charge in [-0.2, -0.15) is 0 Å². The van der Waals surface area contributed by atoms with Gasteiger partial charge in [0.1, 0.15) is 0 Å². The third-order valence-electron chi connectivity index (χ3n) is 7.67. The van der Waals surface area contributed by atoms with E-state index in [0.29, 0.717) is 6.54 Å². The van der Waals surface area contributed by atoms with Gasteiger partial charge in [-0.15, -0.1) is 0 Å². The number of rotatable bonds is 30. The van der Waals surface area contributed by atoms with Crippen LogP contribution >= 0.6 is 0 Å². The Morgan fingerprint density at radius 1 is 0.579 bits per heavy atom. The summed E-state index contributed by atoms with van der Waals surface area (Å²) in [5.41, 5.74) is 0. The van der Waals surface area contributed by atoms with Gasteiger partial charge in [-0.05, 0) is 19.3 Å². The van der Waals surface area contributed by atoms with E-state index in [1.807, 2.05) is 6.08 Å². The van der Waals surface area contributed by atoms with Gasteiger partial charge in [0.05, 0.1) is 5.92 Å². The minimum atomic E-state index is -0.907. The predicted molar refractivity (Wildman–Crippen MR) is 165 cm³/mol. The van der Waals surface area contributed by atoms with Crippen molar-refractivity contribution in [1.29, 1.82) is 0 Å². The molecule has 0 aromatic rings. The van der Waals surface area contributed by atoms with Crippen molar-refractivity contribution in [3.63, 3.8) is 0 Å². The zero-order chi connectivity index (χ0) is 27.9. The Morgan fingerprint density at radius 2 is 0.947 bits per heavy atom. The van der Waals surface area contributed by atoms with Gasteiger partial charge in [0.25, 0.3) is 0 Å². The van der Waals surface area contributed by atoms with Gasteiger partial charge in [-0.1, -0.05) is 167 Å². The van der Waals surface area contributed by atoms with Crippen LogP contribution in [0.15, 0.2) is 12.2 Å². The quantitative estimate of drug-likeness (QED) is 0.0710. The summed E-state index contributed by atoms with van der Waals surface area (Å²) in [6.07, 6.45) is 36.1. The van der Waals surface area contributed by atoms with Crippen molar-refractivity contribution in [2.45, 2.75) is 181 Å². The standard InChI is InChI=1S/C34H65NO3/c1-3-5-7-9-11-13-15-17-18-20-22-24-26-28-30-35-33(36)31-32(34(37)38)29-27-25-23-21-19-16-14-12-10-8-6-4-2/h27,29,32H,3-26,28,30-31H2,1-2H3,(H,35,36)(H,37,38)/b29-27+. The highest BCUT2D eigenvalue weighted by Crippen LogP contribution is 2.14. The Hall–Kier alpha value is -1.32. The summed E-state index contributed by atoms with van der Waals surface area (Å²) >= 11 is 0. The first-order valence-corrected chi connectivity index (χ1v) is 16.8. The lowest BCUT2D eigenvalue weighted by molar-refractivity contribution is -0.142. The van der Waals surface area contributed by atoms with Crippen LogP contribution in [0, 0.1) is 5.92 Å². The molecule has 0 bridgehead atoms. The normalized spacial score (nSPS) is 12.3. The lowest BCUT2D eigenvalue weighted by Gasteiger charge is -2.09. The molecule has 0 fully saturated rings. The van der Waals surface area contributed by atoms with Gasteiger partial charge in [0, 0.05) is 13.0 Å². The lowest BCUT2D eigenvalue weighted by Crippen LogP contribution is -2.28. The molecule has 0 aromatic heterocycles. The van der Waals surface area contributed by atoms with Gasteiger partial charge >= 0.3 is 5.97 Å². The number of hydrogen-bond donors (Lipinski definition) is 2. The van der Waals surface area contributed by atoms with E-state index in [9.17, 15) is 14.7 Å². The van der Waals surface area contributed by atoms with Crippen molar-refractivity contribution in [1.82, 2.24) is 5.32 Å². The summed E-state index contributed by atoms with van der Waals surface area (Å²) in [5.74, 6) is -1.76. The molecule has 0 spiro atoms. The highest BCUT2D eigenvalue weighted by molar-refractivity contribution is 5.83. The molecule has 0 aromatic carbocycles. The second-order valence-corrected chi connectivity index (χ2v) is 11.5. The molecule has 0 aliphatic carbocycles. The van der Waals surface area contributed by atoms with Gasteiger partial charge < -0.3 is 10.4 Å². The summed E-state index contributed by atoms with van der Waals surface area (Å²) in [5, 5.41) is 12.4. The van der Waals surface area contributed by atoms with Gasteiger partial charge in [-0.3, -0.25) is 9.59 Å². The molecule has 0 saturated heterocycles. The molecular weight excluding hydrogens is 470 g/mol. The van der Waals surface area contributed by atoms with E-state index >= 15 is 0 Å². The summed E-state index contributed by atoms with van der Waals surface area (Å²) in [6, 6.07) is 0. The lowest BCUT2D eigenvalue weighted by atomic mass is 10.0. The van der Waals surface area contributed by atoms with E-state index in [0.717, 1.165) is 25.7 Å². The molecule has 4 nitrogen and oxygen atoms in total. The first kappa shape index (κ1) is 36.7. The van der Waals surface area contributed by atoms with Crippen molar-refractivity contribution in [2.75, 3.05) is 6.54 Å². The molecule has 4 heteroatoms. The zero-order valence-corrected chi connectivity index (χ0v) is 25.6. The molecule has 0 rings (SSSR count). The molecule has 0 aliphatic rings. The molecule has 38 heavy (non-hydrogen) atoms. The minimum absolute atomic E-state index is 0.0441.